The molecule has 0 aliphatic heterocycles. The van der Waals surface area contributed by atoms with Gasteiger partial charge in [0, 0.05) is 22.8 Å². The number of nitrogens with one attached hydrogen (secondary N) is 1. The molecule has 6 nitrogen and oxygen atoms in total. The molecule has 0 aromatic carbocycles. The number of alkyl carbamates (subject to hydrolysis) is 1. The third kappa shape index (κ3) is 5.34. The summed E-state index contributed by atoms with van der Waals surface area (Å²) < 4.78 is 11.1. The first kappa shape index (κ1) is 16.7. The Labute approximate surface area is 127 Å². The molecule has 1 rings (SSSR count). The van der Waals surface area contributed by atoms with E-state index in [0.717, 1.165) is 4.47 Å². The molecule has 3 N–H and O–H groups in total. The second-order valence-electron chi connectivity index (χ2n) is 5.24. The second-order valence-corrected chi connectivity index (χ2v) is 6.16. The van der Waals surface area contributed by atoms with Crippen LogP contribution >= 0.6 is 15.9 Å². The summed E-state index contributed by atoms with van der Waals surface area (Å²) in [7, 11) is 1.52. The van der Waals surface area contributed by atoms with Crippen molar-refractivity contribution in [1.82, 2.24) is 10.3 Å². The van der Waals surface area contributed by atoms with Crippen molar-refractivity contribution >= 4 is 22.0 Å². The van der Waals surface area contributed by atoms with Crippen LogP contribution in [0.1, 0.15) is 32.4 Å². The Bertz CT molecular complexity index is 474. The van der Waals surface area contributed by atoms with Crippen molar-refractivity contribution in [1.29, 1.82) is 0 Å². The van der Waals surface area contributed by atoms with Crippen molar-refractivity contribution in [2.45, 2.75) is 32.4 Å². The summed E-state index contributed by atoms with van der Waals surface area (Å²) in [5.74, 6) is 0.437. The second kappa shape index (κ2) is 6.90. The average Bonchev–Trinajstić information content (AvgIpc) is 2.33. The Morgan fingerprint density at radius 1 is 1.55 bits per heavy atom. The number of methoxy groups -OCH3 is 1. The normalized spacial score (nSPS) is 12.7. The van der Waals surface area contributed by atoms with Crippen LogP contribution in [0.3, 0.4) is 0 Å². The summed E-state index contributed by atoms with van der Waals surface area (Å²) >= 11 is 3.33. The lowest BCUT2D eigenvalue weighted by atomic mass is 10.1. The van der Waals surface area contributed by atoms with Gasteiger partial charge < -0.3 is 20.5 Å². The molecule has 1 heterocycles. The van der Waals surface area contributed by atoms with Crippen molar-refractivity contribution in [3.63, 3.8) is 0 Å². The molecule has 0 saturated heterocycles. The molecule has 0 aliphatic rings. The lowest BCUT2D eigenvalue weighted by Gasteiger charge is -2.21. The molecule has 1 aromatic heterocycles. The first-order valence-electron chi connectivity index (χ1n) is 6.15. The monoisotopic (exact) mass is 345 g/mol. The highest BCUT2D eigenvalue weighted by Crippen LogP contribution is 2.24. The van der Waals surface area contributed by atoms with E-state index >= 15 is 0 Å². The minimum Gasteiger partial charge on any atom is -0.481 e. The Balaban J connectivity index is 2.65. The Morgan fingerprint density at radius 2 is 2.20 bits per heavy atom. The molecular formula is C13H20BrN3O3. The van der Waals surface area contributed by atoms with Crippen LogP contribution in [0.25, 0.3) is 0 Å². The number of aromatic nitrogens is 1. The van der Waals surface area contributed by atoms with Crippen LogP contribution in [-0.2, 0) is 4.74 Å². The highest BCUT2D eigenvalue weighted by molar-refractivity contribution is 9.10. The van der Waals surface area contributed by atoms with Gasteiger partial charge in [-0.05, 0) is 42.8 Å². The number of carbonyl (C=O) groups is 1. The molecule has 0 radical (unpaired) electrons. The largest absolute Gasteiger partial charge is 0.481 e. The van der Waals surface area contributed by atoms with Gasteiger partial charge in [0.25, 0.3) is 0 Å². The molecule has 20 heavy (non-hydrogen) atoms. The molecule has 1 amide bonds. The van der Waals surface area contributed by atoms with Crippen molar-refractivity contribution in [3.05, 3.63) is 22.3 Å². The zero-order valence-electron chi connectivity index (χ0n) is 12.1. The Kier molecular flexibility index (Phi) is 5.76. The van der Waals surface area contributed by atoms with Gasteiger partial charge in [-0.15, -0.1) is 0 Å². The van der Waals surface area contributed by atoms with Crippen LogP contribution in [0.2, 0.25) is 0 Å². The zero-order chi connectivity index (χ0) is 15.3. The number of carbonyl (C=O) groups excluding carboxylic acids is 1. The van der Waals surface area contributed by atoms with Crippen LogP contribution in [-0.4, -0.2) is 30.3 Å². The van der Waals surface area contributed by atoms with Crippen molar-refractivity contribution < 1.29 is 14.3 Å². The summed E-state index contributed by atoms with van der Waals surface area (Å²) in [5, 5.41) is 2.62. The van der Waals surface area contributed by atoms with Gasteiger partial charge in [0.15, 0.2) is 0 Å². The van der Waals surface area contributed by atoms with Gasteiger partial charge in [0.1, 0.15) is 5.60 Å². The number of nitrogens with two attached hydrogens (primary N) is 1. The van der Waals surface area contributed by atoms with Crippen molar-refractivity contribution in [2.24, 2.45) is 5.73 Å². The number of ether oxygens (including phenoxy) is 2. The van der Waals surface area contributed by atoms with Gasteiger partial charge in [-0.3, -0.25) is 0 Å². The molecule has 0 saturated carbocycles. The van der Waals surface area contributed by atoms with Crippen molar-refractivity contribution in [2.75, 3.05) is 13.7 Å². The fourth-order valence-electron chi connectivity index (χ4n) is 1.50. The topological polar surface area (TPSA) is 86.5 Å². The number of hydrogen-bond acceptors (Lipinski definition) is 5. The number of halogens is 1. The van der Waals surface area contributed by atoms with E-state index in [1.807, 2.05) is 6.07 Å². The maximum absolute atomic E-state index is 11.6. The number of pyridine rings is 1. The number of amides is 1. The molecule has 7 heteroatoms. The number of rotatable bonds is 4. The molecule has 0 fully saturated rings. The molecule has 1 atom stereocenters. The van der Waals surface area contributed by atoms with E-state index < -0.39 is 17.7 Å². The van der Waals surface area contributed by atoms with Crippen LogP contribution < -0.4 is 15.8 Å². The van der Waals surface area contributed by atoms with E-state index in [4.69, 9.17) is 15.2 Å². The standard InChI is InChI=1S/C13H20BrN3O3/c1-13(2,3)20-12(18)17-7-10(15)9-5-8(14)6-16-11(9)19-4/h5-6,10H,7,15H2,1-4H3,(H,17,18). The minimum atomic E-state index is -0.538. The lowest BCUT2D eigenvalue weighted by Crippen LogP contribution is -2.36. The molecular weight excluding hydrogens is 326 g/mol. The molecule has 0 aliphatic carbocycles. The van der Waals surface area contributed by atoms with Gasteiger partial charge in [0.05, 0.1) is 13.2 Å². The average molecular weight is 346 g/mol. The molecule has 0 spiro atoms. The molecule has 1 aromatic rings. The van der Waals surface area contributed by atoms with Gasteiger partial charge in [-0.25, -0.2) is 9.78 Å². The fourth-order valence-corrected chi connectivity index (χ4v) is 1.85. The van der Waals surface area contributed by atoms with Gasteiger partial charge in [-0.2, -0.15) is 0 Å². The van der Waals surface area contributed by atoms with Crippen LogP contribution in [0.5, 0.6) is 5.88 Å². The zero-order valence-corrected chi connectivity index (χ0v) is 13.7. The van der Waals surface area contributed by atoms with Crippen LogP contribution in [0.15, 0.2) is 16.7 Å². The first-order chi connectivity index (χ1) is 9.23. The van der Waals surface area contributed by atoms with E-state index in [1.165, 1.54) is 7.11 Å². The number of hydrogen-bond donors (Lipinski definition) is 2. The van der Waals surface area contributed by atoms with E-state index in [2.05, 4.69) is 26.2 Å². The molecule has 112 valence electrons. The predicted molar refractivity (Wildman–Crippen MR) is 79.7 cm³/mol. The minimum absolute atomic E-state index is 0.226. The summed E-state index contributed by atoms with van der Waals surface area (Å²) in [6.45, 7) is 5.62. The van der Waals surface area contributed by atoms with Gasteiger partial charge in [-0.1, -0.05) is 0 Å². The molecule has 1 unspecified atom stereocenters. The van der Waals surface area contributed by atoms with E-state index in [-0.39, 0.29) is 6.54 Å². The van der Waals surface area contributed by atoms with Crippen LogP contribution in [0.4, 0.5) is 4.79 Å². The number of nitrogens with zero attached hydrogens (tertiary/aromatic N) is 1. The smallest absolute Gasteiger partial charge is 0.407 e. The summed E-state index contributed by atoms with van der Waals surface area (Å²) in [4.78, 5) is 15.7. The first-order valence-corrected chi connectivity index (χ1v) is 6.94. The quantitative estimate of drug-likeness (QED) is 0.874. The van der Waals surface area contributed by atoms with Crippen molar-refractivity contribution in [3.8, 4) is 5.88 Å². The third-order valence-corrected chi connectivity index (χ3v) is 2.74. The van der Waals surface area contributed by atoms with Gasteiger partial charge in [0.2, 0.25) is 5.88 Å². The predicted octanol–water partition coefficient (Wildman–Crippen LogP) is 2.38. The summed E-state index contributed by atoms with van der Waals surface area (Å²) in [5.41, 5.74) is 6.21. The van der Waals surface area contributed by atoms with E-state index in [1.54, 1.807) is 27.0 Å². The molecule has 0 bridgehead atoms. The van der Waals surface area contributed by atoms with E-state index in [9.17, 15) is 4.79 Å². The maximum atomic E-state index is 11.6. The summed E-state index contributed by atoms with van der Waals surface area (Å²) in [6, 6.07) is 1.37. The Morgan fingerprint density at radius 3 is 2.75 bits per heavy atom. The Hall–Kier alpha value is -1.34. The highest BCUT2D eigenvalue weighted by Gasteiger charge is 2.18. The summed E-state index contributed by atoms with van der Waals surface area (Å²) in [6.07, 6.45) is 1.12. The SMILES string of the molecule is COc1ncc(Br)cc1C(N)CNC(=O)OC(C)(C)C. The fraction of sp³-hybridized carbons (Fsp3) is 0.538. The maximum Gasteiger partial charge on any atom is 0.407 e. The van der Waals surface area contributed by atoms with E-state index in [0.29, 0.717) is 11.4 Å². The lowest BCUT2D eigenvalue weighted by molar-refractivity contribution is 0.0524. The van der Waals surface area contributed by atoms with Crippen LogP contribution in [0, 0.1) is 0 Å². The third-order valence-electron chi connectivity index (χ3n) is 2.30. The van der Waals surface area contributed by atoms with Gasteiger partial charge >= 0.3 is 6.09 Å². The highest BCUT2D eigenvalue weighted by atomic mass is 79.9.